The van der Waals surface area contributed by atoms with Crippen LogP contribution in [0.2, 0.25) is 0 Å². The molecule has 0 spiro atoms. The van der Waals surface area contributed by atoms with Crippen LogP contribution < -0.4 is 0 Å². The first-order valence-electron chi connectivity index (χ1n) is 6.92. The Morgan fingerprint density at radius 3 is 2.19 bits per heavy atom. The molecule has 1 nitrogen and oxygen atoms in total. The molecule has 0 unspecified atom stereocenters. The predicted molar refractivity (Wildman–Crippen MR) is 97.6 cm³/mol. The van der Waals surface area contributed by atoms with Crippen molar-refractivity contribution in [3.63, 3.8) is 0 Å². The van der Waals surface area contributed by atoms with Crippen LogP contribution in [0.15, 0.2) is 102 Å². The molecule has 1 heteroatoms. The van der Waals surface area contributed by atoms with Gasteiger partial charge in [-0.15, -0.1) is 0 Å². The summed E-state index contributed by atoms with van der Waals surface area (Å²) in [4.78, 5) is 4.35. The van der Waals surface area contributed by atoms with Gasteiger partial charge in [-0.25, -0.2) is 0 Å². The van der Waals surface area contributed by atoms with E-state index in [0.29, 0.717) is 0 Å². The van der Waals surface area contributed by atoms with Gasteiger partial charge >= 0.3 is 0 Å². The van der Waals surface area contributed by atoms with E-state index in [9.17, 15) is 0 Å². The molecule has 0 N–H and O–H groups in total. The van der Waals surface area contributed by atoms with E-state index in [1.807, 2.05) is 57.2 Å². The zero-order valence-corrected chi connectivity index (χ0v) is 13.3. The van der Waals surface area contributed by atoms with Crippen molar-refractivity contribution >= 4 is 5.71 Å². The maximum absolute atomic E-state index is 4.35. The van der Waals surface area contributed by atoms with E-state index in [1.165, 1.54) is 0 Å². The molecule has 0 aromatic rings. The summed E-state index contributed by atoms with van der Waals surface area (Å²) < 4.78 is 0. The van der Waals surface area contributed by atoms with E-state index in [1.54, 1.807) is 24.4 Å². The van der Waals surface area contributed by atoms with E-state index in [2.05, 4.69) is 24.7 Å². The molecule has 0 saturated carbocycles. The van der Waals surface area contributed by atoms with Crippen molar-refractivity contribution in [1.82, 2.24) is 0 Å². The maximum atomic E-state index is 4.35. The third-order valence-corrected chi connectivity index (χ3v) is 2.70. The number of aliphatic imine (C=N–C) groups is 1. The number of rotatable bonds is 8. The number of nitrogens with zero attached hydrogens (tertiary/aromatic N) is 1. The molecule has 0 aliphatic rings. The van der Waals surface area contributed by atoms with Crippen LogP contribution in [-0.2, 0) is 0 Å². The summed E-state index contributed by atoms with van der Waals surface area (Å²) in [7, 11) is 0. The molecular formula is C20H25N. The summed E-state index contributed by atoms with van der Waals surface area (Å²) in [6.45, 7) is 17.4. The van der Waals surface area contributed by atoms with Crippen LogP contribution in [-0.4, -0.2) is 5.71 Å². The normalized spacial score (nSPS) is 14.3. The quantitative estimate of drug-likeness (QED) is 0.388. The lowest BCUT2D eigenvalue weighted by molar-refractivity contribution is 1.48. The standard InChI is InChI=1S/C20H25N/c1-7-11-16-21-18(6)19(10-4)15-14-17(5)20(12-8-2)13-9-3/h7-16H,1-2,5H2,3-4,6H3/b13-9-,15-14-,16-11-,19-10+,20-12+,21-18-. The Bertz CT molecular complexity index is 546. The van der Waals surface area contributed by atoms with E-state index in [4.69, 9.17) is 0 Å². The van der Waals surface area contributed by atoms with Crippen molar-refractivity contribution < 1.29 is 0 Å². The Hall–Kier alpha value is -2.41. The van der Waals surface area contributed by atoms with Gasteiger partial charge in [0.25, 0.3) is 0 Å². The van der Waals surface area contributed by atoms with Gasteiger partial charge in [0.2, 0.25) is 0 Å². The van der Waals surface area contributed by atoms with E-state index >= 15 is 0 Å². The van der Waals surface area contributed by atoms with Crippen molar-refractivity contribution in [1.29, 1.82) is 0 Å². The van der Waals surface area contributed by atoms with Crippen LogP contribution in [0.1, 0.15) is 20.8 Å². The first-order chi connectivity index (χ1) is 10.1. The van der Waals surface area contributed by atoms with Crippen LogP contribution in [0.25, 0.3) is 0 Å². The molecule has 0 heterocycles. The minimum atomic E-state index is 0.932. The number of hydrogen-bond donors (Lipinski definition) is 0. The summed E-state index contributed by atoms with van der Waals surface area (Å²) >= 11 is 0. The van der Waals surface area contributed by atoms with Gasteiger partial charge < -0.3 is 0 Å². The highest BCUT2D eigenvalue weighted by atomic mass is 14.7. The lowest BCUT2D eigenvalue weighted by atomic mass is 10.0. The molecule has 0 aliphatic carbocycles. The molecule has 110 valence electrons. The Kier molecular flexibility index (Phi) is 10.1. The smallest absolute Gasteiger partial charge is 0.0441 e. The van der Waals surface area contributed by atoms with Crippen molar-refractivity contribution in [3.05, 3.63) is 97.3 Å². The highest BCUT2D eigenvalue weighted by Gasteiger charge is 1.97. The number of hydrogen-bond acceptors (Lipinski definition) is 1. The van der Waals surface area contributed by atoms with E-state index < -0.39 is 0 Å². The zero-order chi connectivity index (χ0) is 16.1. The molecule has 0 radical (unpaired) electrons. The Morgan fingerprint density at radius 1 is 0.952 bits per heavy atom. The summed E-state index contributed by atoms with van der Waals surface area (Å²) in [5, 5.41) is 0. The predicted octanol–water partition coefficient (Wildman–Crippen LogP) is 5.89. The van der Waals surface area contributed by atoms with Gasteiger partial charge in [-0.1, -0.05) is 68.3 Å². The van der Waals surface area contributed by atoms with Crippen molar-refractivity contribution in [2.24, 2.45) is 4.99 Å². The third kappa shape index (κ3) is 7.68. The van der Waals surface area contributed by atoms with Gasteiger partial charge in [-0.2, -0.15) is 0 Å². The second kappa shape index (κ2) is 11.4. The molecule has 0 fully saturated rings. The minimum absolute atomic E-state index is 0.932. The fourth-order valence-corrected chi connectivity index (χ4v) is 1.58. The van der Waals surface area contributed by atoms with Gasteiger partial charge in [0.1, 0.15) is 0 Å². The SMILES string of the molecule is C=C\C=C/N=C(C)\C(\C=C/C(=C)C(/C=C\C)=C/C=C)=C\C. The van der Waals surface area contributed by atoms with Crippen LogP contribution in [0.5, 0.6) is 0 Å². The van der Waals surface area contributed by atoms with Gasteiger partial charge in [0.15, 0.2) is 0 Å². The maximum Gasteiger partial charge on any atom is 0.0441 e. The molecule has 0 rings (SSSR count). The van der Waals surface area contributed by atoms with Crippen LogP contribution in [0.3, 0.4) is 0 Å². The molecule has 0 saturated heterocycles. The Balaban J connectivity index is 5.14. The second-order valence-corrected chi connectivity index (χ2v) is 4.25. The molecule has 0 aliphatic heterocycles. The molecular weight excluding hydrogens is 254 g/mol. The third-order valence-electron chi connectivity index (χ3n) is 2.70. The zero-order valence-electron chi connectivity index (χ0n) is 13.3. The molecule has 0 aromatic carbocycles. The van der Waals surface area contributed by atoms with Crippen molar-refractivity contribution in [2.75, 3.05) is 0 Å². The van der Waals surface area contributed by atoms with Gasteiger partial charge in [0.05, 0.1) is 0 Å². The second-order valence-electron chi connectivity index (χ2n) is 4.25. The molecule has 0 atom stereocenters. The lowest BCUT2D eigenvalue weighted by Gasteiger charge is -2.03. The molecule has 21 heavy (non-hydrogen) atoms. The minimum Gasteiger partial charge on any atom is -0.261 e. The van der Waals surface area contributed by atoms with E-state index in [0.717, 1.165) is 22.4 Å². The molecule has 0 bridgehead atoms. The molecule has 0 amide bonds. The van der Waals surface area contributed by atoms with Crippen LogP contribution >= 0.6 is 0 Å². The fraction of sp³-hybridized carbons (Fsp3) is 0.150. The first-order valence-corrected chi connectivity index (χ1v) is 6.92. The average Bonchev–Trinajstić information content (AvgIpc) is 2.47. The van der Waals surface area contributed by atoms with E-state index in [-0.39, 0.29) is 0 Å². The molecule has 0 aromatic heterocycles. The first kappa shape index (κ1) is 18.6. The summed E-state index contributed by atoms with van der Waals surface area (Å²) in [6.07, 6.45) is 19.0. The highest BCUT2D eigenvalue weighted by Crippen LogP contribution is 2.13. The topological polar surface area (TPSA) is 12.4 Å². The Morgan fingerprint density at radius 2 is 1.67 bits per heavy atom. The van der Waals surface area contributed by atoms with Crippen molar-refractivity contribution in [3.8, 4) is 0 Å². The summed E-state index contributed by atoms with van der Waals surface area (Å²) in [6, 6.07) is 0. The largest absolute Gasteiger partial charge is 0.261 e. The summed E-state index contributed by atoms with van der Waals surface area (Å²) in [5.41, 5.74) is 3.98. The lowest BCUT2D eigenvalue weighted by Crippen LogP contribution is -1.93. The average molecular weight is 279 g/mol. The van der Waals surface area contributed by atoms with Gasteiger partial charge in [-0.3, -0.25) is 4.99 Å². The number of allylic oxidation sites excluding steroid dienone is 12. The fourth-order valence-electron chi connectivity index (χ4n) is 1.58. The van der Waals surface area contributed by atoms with Gasteiger partial charge in [-0.05, 0) is 43.6 Å². The van der Waals surface area contributed by atoms with Crippen molar-refractivity contribution in [2.45, 2.75) is 20.8 Å². The van der Waals surface area contributed by atoms with Crippen LogP contribution in [0.4, 0.5) is 0 Å². The Labute approximate surface area is 129 Å². The monoisotopic (exact) mass is 279 g/mol. The van der Waals surface area contributed by atoms with Crippen LogP contribution in [0, 0.1) is 0 Å². The summed E-state index contributed by atoms with van der Waals surface area (Å²) in [5.74, 6) is 0. The van der Waals surface area contributed by atoms with Gasteiger partial charge in [0, 0.05) is 11.9 Å². The highest BCUT2D eigenvalue weighted by molar-refractivity contribution is 6.01.